The van der Waals surface area contributed by atoms with E-state index in [1.807, 2.05) is 0 Å². The molecule has 1 aromatic rings. The Kier molecular flexibility index (Phi) is 5.06. The van der Waals surface area contributed by atoms with Gasteiger partial charge in [-0.1, -0.05) is 0 Å². The fraction of sp³-hybridized carbons (Fsp3) is 0.625. The molecule has 0 aliphatic carbocycles. The van der Waals surface area contributed by atoms with E-state index in [1.54, 1.807) is 0 Å². The molecule has 0 atom stereocenters. The average Bonchev–Trinajstić information content (AvgIpc) is 2.23. The molecule has 0 bridgehead atoms. The number of nitrogens with one attached hydrogen (secondary N) is 1. The Morgan fingerprint density at radius 1 is 1.33 bits per heavy atom. The summed E-state index contributed by atoms with van der Waals surface area (Å²) in [5, 5.41) is 11.6. The van der Waals surface area contributed by atoms with Gasteiger partial charge in [0.1, 0.15) is 0 Å². The van der Waals surface area contributed by atoms with Gasteiger partial charge < -0.3 is 15.2 Å². The number of unbranched alkanes of at least 4 members (excludes halogenated alkanes) is 1. The van der Waals surface area contributed by atoms with Crippen molar-refractivity contribution in [3.63, 3.8) is 0 Å². The summed E-state index contributed by atoms with van der Waals surface area (Å²) in [7, 11) is 1.46. The minimum absolute atomic E-state index is 0.0894. The van der Waals surface area contributed by atoms with Crippen LogP contribution in [0.25, 0.3) is 0 Å². The summed E-state index contributed by atoms with van der Waals surface area (Å²) < 4.78 is 4.84. The van der Waals surface area contributed by atoms with E-state index < -0.39 is 0 Å². The number of nitrogens with zero attached hydrogens (tertiary/aromatic N) is 3. The number of ether oxygens (including phenoxy) is 1. The summed E-state index contributed by atoms with van der Waals surface area (Å²) >= 11 is 5.65. The van der Waals surface area contributed by atoms with Crippen molar-refractivity contribution in [3.05, 3.63) is 5.28 Å². The fourth-order valence-electron chi connectivity index (χ4n) is 0.939. The number of halogens is 1. The third kappa shape index (κ3) is 4.26. The second-order valence-corrected chi connectivity index (χ2v) is 3.11. The largest absolute Gasteiger partial charge is 0.467 e. The molecule has 6 nitrogen and oxygen atoms in total. The number of methoxy groups -OCH3 is 1. The predicted octanol–water partition coefficient (Wildman–Crippen LogP) is 0.718. The zero-order chi connectivity index (χ0) is 11.1. The molecule has 1 rings (SSSR count). The molecule has 0 radical (unpaired) electrons. The highest BCUT2D eigenvalue weighted by atomic mass is 35.5. The van der Waals surface area contributed by atoms with Gasteiger partial charge in [-0.05, 0) is 24.4 Å². The standard InChI is InChI=1S/C8H13ClN4O2/c1-15-8-12-6(9)11-7(13-8)10-4-2-3-5-14/h14H,2-5H2,1H3,(H,10,11,12,13). The van der Waals surface area contributed by atoms with Gasteiger partial charge in [-0.15, -0.1) is 0 Å². The van der Waals surface area contributed by atoms with Gasteiger partial charge in [0.05, 0.1) is 7.11 Å². The first-order valence-electron chi connectivity index (χ1n) is 4.56. The highest BCUT2D eigenvalue weighted by Crippen LogP contribution is 2.10. The second-order valence-electron chi connectivity index (χ2n) is 2.77. The number of hydrogen-bond donors (Lipinski definition) is 2. The monoisotopic (exact) mass is 232 g/mol. The number of aliphatic hydroxyl groups excluding tert-OH is 1. The molecule has 0 spiro atoms. The molecule has 0 saturated heterocycles. The topological polar surface area (TPSA) is 80.2 Å². The van der Waals surface area contributed by atoms with Crippen molar-refractivity contribution in [2.24, 2.45) is 0 Å². The molecule has 0 aliphatic rings. The number of hydrogen-bond acceptors (Lipinski definition) is 6. The Morgan fingerprint density at radius 3 is 2.80 bits per heavy atom. The van der Waals surface area contributed by atoms with E-state index in [1.165, 1.54) is 7.11 Å². The van der Waals surface area contributed by atoms with E-state index in [2.05, 4.69) is 20.3 Å². The zero-order valence-corrected chi connectivity index (χ0v) is 9.16. The van der Waals surface area contributed by atoms with Crippen LogP contribution in [0.3, 0.4) is 0 Å². The Labute approximate surface area is 92.7 Å². The van der Waals surface area contributed by atoms with Crippen LogP contribution in [0.5, 0.6) is 6.01 Å². The van der Waals surface area contributed by atoms with Crippen LogP contribution in [-0.2, 0) is 0 Å². The summed E-state index contributed by atoms with van der Waals surface area (Å²) in [6.45, 7) is 0.854. The predicted molar refractivity (Wildman–Crippen MR) is 56.2 cm³/mol. The lowest BCUT2D eigenvalue weighted by molar-refractivity contribution is 0.286. The van der Waals surface area contributed by atoms with Gasteiger partial charge in [0.15, 0.2) is 0 Å². The van der Waals surface area contributed by atoms with Crippen LogP contribution in [0.2, 0.25) is 5.28 Å². The normalized spacial score (nSPS) is 10.1. The van der Waals surface area contributed by atoms with Crippen molar-refractivity contribution >= 4 is 17.5 Å². The molecule has 0 amide bonds. The SMILES string of the molecule is COc1nc(Cl)nc(NCCCCO)n1. The van der Waals surface area contributed by atoms with Crippen LogP contribution in [0.15, 0.2) is 0 Å². The zero-order valence-electron chi connectivity index (χ0n) is 8.40. The smallest absolute Gasteiger partial charge is 0.322 e. The van der Waals surface area contributed by atoms with E-state index in [0.717, 1.165) is 12.8 Å². The lowest BCUT2D eigenvalue weighted by Gasteiger charge is -2.05. The molecule has 0 saturated carbocycles. The maximum absolute atomic E-state index is 8.58. The molecule has 2 N–H and O–H groups in total. The van der Waals surface area contributed by atoms with E-state index in [-0.39, 0.29) is 17.9 Å². The van der Waals surface area contributed by atoms with Crippen LogP contribution >= 0.6 is 11.6 Å². The first-order chi connectivity index (χ1) is 7.26. The minimum atomic E-state index is 0.0894. The van der Waals surface area contributed by atoms with Crippen LogP contribution in [-0.4, -0.2) is 40.3 Å². The van der Waals surface area contributed by atoms with Gasteiger partial charge >= 0.3 is 6.01 Å². The molecule has 15 heavy (non-hydrogen) atoms. The summed E-state index contributed by atoms with van der Waals surface area (Å²) in [4.78, 5) is 11.6. The van der Waals surface area contributed by atoms with E-state index >= 15 is 0 Å². The first-order valence-corrected chi connectivity index (χ1v) is 4.94. The van der Waals surface area contributed by atoms with Crippen molar-refractivity contribution in [2.45, 2.75) is 12.8 Å². The number of aromatic nitrogens is 3. The number of aliphatic hydroxyl groups is 1. The average molecular weight is 233 g/mol. The molecular weight excluding hydrogens is 220 g/mol. The fourth-order valence-corrected chi connectivity index (χ4v) is 1.09. The molecule has 0 unspecified atom stereocenters. The molecule has 1 heterocycles. The summed E-state index contributed by atoms with van der Waals surface area (Å²) in [5.41, 5.74) is 0. The third-order valence-corrected chi connectivity index (χ3v) is 1.81. The van der Waals surface area contributed by atoms with E-state index in [9.17, 15) is 0 Å². The van der Waals surface area contributed by atoms with Crippen molar-refractivity contribution < 1.29 is 9.84 Å². The summed E-state index contributed by atoms with van der Waals surface area (Å²) in [6.07, 6.45) is 1.57. The molecule has 0 aromatic carbocycles. The van der Waals surface area contributed by atoms with Gasteiger partial charge in [-0.3, -0.25) is 0 Å². The van der Waals surface area contributed by atoms with Crippen molar-refractivity contribution in [1.29, 1.82) is 0 Å². The molecular formula is C8H13ClN4O2. The first kappa shape index (κ1) is 11.9. The van der Waals surface area contributed by atoms with Gasteiger partial charge in [0.25, 0.3) is 0 Å². The molecule has 0 fully saturated rings. The van der Waals surface area contributed by atoms with Gasteiger partial charge in [-0.2, -0.15) is 15.0 Å². The lowest BCUT2D eigenvalue weighted by atomic mass is 10.3. The second kappa shape index (κ2) is 6.36. The van der Waals surface area contributed by atoms with E-state index in [0.29, 0.717) is 12.5 Å². The lowest BCUT2D eigenvalue weighted by Crippen LogP contribution is -2.07. The van der Waals surface area contributed by atoms with Crippen LogP contribution in [0.1, 0.15) is 12.8 Å². The van der Waals surface area contributed by atoms with Crippen molar-refractivity contribution in [2.75, 3.05) is 25.6 Å². The molecule has 0 aliphatic heterocycles. The molecule has 7 heteroatoms. The number of anilines is 1. The van der Waals surface area contributed by atoms with Crippen LogP contribution in [0, 0.1) is 0 Å². The summed E-state index contributed by atoms with van der Waals surface area (Å²) in [6, 6.07) is 0.180. The Balaban J connectivity index is 2.49. The quantitative estimate of drug-likeness (QED) is 0.704. The van der Waals surface area contributed by atoms with Gasteiger partial charge in [-0.25, -0.2) is 0 Å². The van der Waals surface area contributed by atoms with Gasteiger partial charge in [0, 0.05) is 13.2 Å². The highest BCUT2D eigenvalue weighted by Gasteiger charge is 2.03. The Bertz CT molecular complexity index is 311. The third-order valence-electron chi connectivity index (χ3n) is 1.64. The molecule has 84 valence electrons. The van der Waals surface area contributed by atoms with Crippen LogP contribution in [0.4, 0.5) is 5.95 Å². The van der Waals surface area contributed by atoms with E-state index in [4.69, 9.17) is 21.4 Å². The minimum Gasteiger partial charge on any atom is -0.467 e. The van der Waals surface area contributed by atoms with Crippen LogP contribution < -0.4 is 10.1 Å². The number of rotatable bonds is 6. The molecule has 1 aromatic heterocycles. The summed E-state index contributed by atoms with van der Waals surface area (Å²) in [5.74, 6) is 0.379. The highest BCUT2D eigenvalue weighted by molar-refractivity contribution is 6.28. The Hall–Kier alpha value is -1.14. The van der Waals surface area contributed by atoms with Crippen molar-refractivity contribution in [3.8, 4) is 6.01 Å². The maximum Gasteiger partial charge on any atom is 0.322 e. The maximum atomic E-state index is 8.58. The van der Waals surface area contributed by atoms with Gasteiger partial charge in [0.2, 0.25) is 11.2 Å². The van der Waals surface area contributed by atoms with Crippen molar-refractivity contribution in [1.82, 2.24) is 15.0 Å². The Morgan fingerprint density at radius 2 is 2.13 bits per heavy atom.